The number of amides is 1. The number of hydrogen-bond donors (Lipinski definition) is 3. The summed E-state index contributed by atoms with van der Waals surface area (Å²) in [5, 5.41) is 23.1. The average molecular weight is 1080 g/mol. The Kier molecular flexibility index (Phi) is 64.9. The van der Waals surface area contributed by atoms with E-state index in [1.165, 1.54) is 308 Å². The number of ether oxygens (including phenoxy) is 1. The Balaban J connectivity index is 3.39. The highest BCUT2D eigenvalue weighted by Gasteiger charge is 2.18. The van der Waals surface area contributed by atoms with Crippen LogP contribution in [0, 0.1) is 0 Å². The van der Waals surface area contributed by atoms with E-state index in [0.29, 0.717) is 19.4 Å². The van der Waals surface area contributed by atoms with Crippen LogP contribution in [0.15, 0.2) is 36.5 Å². The second-order valence-corrected chi connectivity index (χ2v) is 23.9. The molecule has 0 aliphatic heterocycles. The summed E-state index contributed by atoms with van der Waals surface area (Å²) in [7, 11) is 0. The third-order valence-electron chi connectivity index (χ3n) is 16.2. The first-order valence-corrected chi connectivity index (χ1v) is 34.8. The minimum absolute atomic E-state index is 0.0161. The summed E-state index contributed by atoms with van der Waals surface area (Å²) >= 11 is 0. The summed E-state index contributed by atoms with van der Waals surface area (Å²) in [5.74, 6) is -0.0497. The monoisotopic (exact) mass is 1080 g/mol. The van der Waals surface area contributed by atoms with E-state index in [0.717, 1.165) is 44.9 Å². The zero-order chi connectivity index (χ0) is 55.7. The van der Waals surface area contributed by atoms with Crippen LogP contribution in [0.3, 0.4) is 0 Å². The first-order chi connectivity index (χ1) is 38.0. The van der Waals surface area contributed by atoms with Gasteiger partial charge in [-0.2, -0.15) is 0 Å². The number of aliphatic hydroxyl groups is 2. The van der Waals surface area contributed by atoms with E-state index in [9.17, 15) is 19.8 Å². The van der Waals surface area contributed by atoms with Gasteiger partial charge in [0.05, 0.1) is 25.4 Å². The second-order valence-electron chi connectivity index (χ2n) is 23.9. The third kappa shape index (κ3) is 63.1. The molecule has 1 amide bonds. The maximum absolute atomic E-state index is 12.5. The van der Waals surface area contributed by atoms with E-state index in [1.54, 1.807) is 6.08 Å². The number of carbonyl (C=O) groups is 2. The predicted octanol–water partition coefficient (Wildman–Crippen LogP) is 22.3. The summed E-state index contributed by atoms with van der Waals surface area (Å²) in [5.41, 5.74) is 0. The molecule has 0 aromatic rings. The van der Waals surface area contributed by atoms with Crippen molar-refractivity contribution >= 4 is 11.9 Å². The van der Waals surface area contributed by atoms with Crippen molar-refractivity contribution in [3.8, 4) is 0 Å². The number of nitrogens with one attached hydrogen (secondary N) is 1. The van der Waals surface area contributed by atoms with Gasteiger partial charge < -0.3 is 20.3 Å². The molecule has 0 radical (unpaired) electrons. The Hall–Kier alpha value is -1.92. The molecule has 0 saturated carbocycles. The van der Waals surface area contributed by atoms with Crippen LogP contribution in [0.25, 0.3) is 0 Å². The fourth-order valence-electron chi connectivity index (χ4n) is 10.8. The molecule has 0 aliphatic rings. The van der Waals surface area contributed by atoms with Crippen molar-refractivity contribution < 1.29 is 24.5 Å². The van der Waals surface area contributed by atoms with Gasteiger partial charge in [-0.3, -0.25) is 9.59 Å². The minimum Gasteiger partial charge on any atom is -0.466 e. The summed E-state index contributed by atoms with van der Waals surface area (Å²) in [6.45, 7) is 4.93. The lowest BCUT2D eigenvalue weighted by Crippen LogP contribution is -2.45. The fraction of sp³-hybridized carbons (Fsp3) is 0.887. The van der Waals surface area contributed by atoms with Gasteiger partial charge in [-0.1, -0.05) is 339 Å². The molecule has 0 saturated heterocycles. The zero-order valence-electron chi connectivity index (χ0n) is 52.0. The van der Waals surface area contributed by atoms with Crippen LogP contribution in [-0.4, -0.2) is 47.4 Å². The smallest absolute Gasteiger partial charge is 0.305 e. The Labute approximate surface area is 481 Å². The van der Waals surface area contributed by atoms with Gasteiger partial charge in [-0.15, -0.1) is 0 Å². The van der Waals surface area contributed by atoms with Crippen LogP contribution >= 0.6 is 0 Å². The van der Waals surface area contributed by atoms with Crippen LogP contribution in [0.1, 0.15) is 380 Å². The first kappa shape index (κ1) is 75.1. The largest absolute Gasteiger partial charge is 0.466 e. The lowest BCUT2D eigenvalue weighted by atomic mass is 10.0. The molecule has 0 aliphatic carbocycles. The molecule has 0 heterocycles. The van der Waals surface area contributed by atoms with Gasteiger partial charge in [0, 0.05) is 12.8 Å². The molecule has 3 N–H and O–H groups in total. The van der Waals surface area contributed by atoms with Crippen LogP contribution in [0.2, 0.25) is 0 Å². The van der Waals surface area contributed by atoms with E-state index < -0.39 is 12.1 Å². The van der Waals surface area contributed by atoms with Crippen molar-refractivity contribution in [2.45, 2.75) is 392 Å². The molecule has 2 unspecified atom stereocenters. The summed E-state index contributed by atoms with van der Waals surface area (Å²) in [6, 6.07) is -0.627. The maximum Gasteiger partial charge on any atom is 0.305 e. The van der Waals surface area contributed by atoms with Gasteiger partial charge in [0.15, 0.2) is 0 Å². The molecule has 0 fully saturated rings. The van der Waals surface area contributed by atoms with Gasteiger partial charge in [0.25, 0.3) is 0 Å². The van der Waals surface area contributed by atoms with Crippen LogP contribution in [-0.2, 0) is 14.3 Å². The molecular formula is C71H135NO5. The Morgan fingerprint density at radius 1 is 0.364 bits per heavy atom. The summed E-state index contributed by atoms with van der Waals surface area (Å²) < 4.78 is 5.49. The maximum atomic E-state index is 12.5. The molecular weight excluding hydrogens is 947 g/mol. The molecule has 2 atom stereocenters. The SMILES string of the molecule is CCCCCCCCCCCCCC/C=C/C(O)C(CO)NC(=O)CCCCCCCCCCCCCCCCC/C=C\C/C=C\CCCCCCCCCCCOC(=O)CCCCCCCCCCCCCCCCC. The van der Waals surface area contributed by atoms with Crippen LogP contribution in [0.4, 0.5) is 0 Å². The Bertz CT molecular complexity index is 1250. The third-order valence-corrected chi connectivity index (χ3v) is 16.2. The van der Waals surface area contributed by atoms with Crippen molar-refractivity contribution in [3.63, 3.8) is 0 Å². The summed E-state index contributed by atoms with van der Waals surface area (Å²) in [4.78, 5) is 24.5. The Morgan fingerprint density at radius 3 is 0.987 bits per heavy atom. The fourth-order valence-corrected chi connectivity index (χ4v) is 10.8. The number of aliphatic hydroxyl groups excluding tert-OH is 2. The second kappa shape index (κ2) is 66.6. The zero-order valence-corrected chi connectivity index (χ0v) is 52.0. The van der Waals surface area contributed by atoms with Crippen LogP contribution < -0.4 is 5.32 Å². The van der Waals surface area contributed by atoms with Crippen molar-refractivity contribution in [3.05, 3.63) is 36.5 Å². The highest BCUT2D eigenvalue weighted by atomic mass is 16.5. The molecule has 6 nitrogen and oxygen atoms in total. The normalized spacial score (nSPS) is 12.7. The van der Waals surface area contributed by atoms with E-state index in [1.807, 2.05) is 6.08 Å². The van der Waals surface area contributed by atoms with Crippen LogP contribution in [0.5, 0.6) is 0 Å². The number of unbranched alkanes of at least 4 members (excludes halogenated alkanes) is 50. The molecule has 0 aromatic carbocycles. The first-order valence-electron chi connectivity index (χ1n) is 34.8. The van der Waals surface area contributed by atoms with E-state index in [-0.39, 0.29) is 18.5 Å². The van der Waals surface area contributed by atoms with Crippen molar-refractivity contribution in [1.82, 2.24) is 5.32 Å². The van der Waals surface area contributed by atoms with E-state index in [2.05, 4.69) is 43.5 Å². The number of allylic oxidation sites excluding steroid dienone is 5. The molecule has 6 heteroatoms. The predicted molar refractivity (Wildman–Crippen MR) is 338 cm³/mol. The molecule has 0 spiro atoms. The molecule has 0 aromatic heterocycles. The lowest BCUT2D eigenvalue weighted by Gasteiger charge is -2.20. The summed E-state index contributed by atoms with van der Waals surface area (Å²) in [6.07, 6.45) is 85.1. The van der Waals surface area contributed by atoms with Gasteiger partial charge in [0.1, 0.15) is 0 Å². The van der Waals surface area contributed by atoms with Gasteiger partial charge in [-0.05, 0) is 64.2 Å². The Morgan fingerprint density at radius 2 is 0.649 bits per heavy atom. The van der Waals surface area contributed by atoms with E-state index in [4.69, 9.17) is 4.74 Å². The lowest BCUT2D eigenvalue weighted by molar-refractivity contribution is -0.143. The molecule has 77 heavy (non-hydrogen) atoms. The van der Waals surface area contributed by atoms with Gasteiger partial charge in [-0.25, -0.2) is 0 Å². The topological polar surface area (TPSA) is 95.9 Å². The average Bonchev–Trinajstić information content (AvgIpc) is 3.43. The van der Waals surface area contributed by atoms with Gasteiger partial charge >= 0.3 is 5.97 Å². The highest BCUT2D eigenvalue weighted by Crippen LogP contribution is 2.18. The molecule has 454 valence electrons. The van der Waals surface area contributed by atoms with E-state index >= 15 is 0 Å². The van der Waals surface area contributed by atoms with Crippen molar-refractivity contribution in [2.75, 3.05) is 13.2 Å². The molecule has 0 bridgehead atoms. The minimum atomic E-state index is -0.844. The number of esters is 1. The van der Waals surface area contributed by atoms with Crippen molar-refractivity contribution in [2.24, 2.45) is 0 Å². The van der Waals surface area contributed by atoms with Gasteiger partial charge in [0.2, 0.25) is 5.91 Å². The molecule has 0 rings (SSSR count). The highest BCUT2D eigenvalue weighted by molar-refractivity contribution is 5.76. The number of carbonyl (C=O) groups excluding carboxylic acids is 2. The van der Waals surface area contributed by atoms with Crippen molar-refractivity contribution in [1.29, 1.82) is 0 Å². The quantitative estimate of drug-likeness (QED) is 0.0320. The standard InChI is InChI=1S/C71H135NO5/c1-3-5-7-9-11-13-15-17-36-41-45-49-53-57-61-65-71(76)77-66-62-58-54-50-46-42-38-35-33-31-29-27-25-23-21-19-20-22-24-26-28-30-32-34-37-40-44-48-52-56-60-64-70(75)72-68(67-73)69(74)63-59-55-51-47-43-39-18-16-14-12-10-8-6-4-2/h21,23,27,29,59,63,68-69,73-74H,3-20,22,24-26,28,30-58,60-62,64-67H2,1-2H3,(H,72,75)/b23-21-,29-27-,63-59+. The number of rotatable bonds is 65. The number of hydrogen-bond acceptors (Lipinski definition) is 5.